The van der Waals surface area contributed by atoms with Crippen LogP contribution in [0.1, 0.15) is 40.7 Å². The maximum atomic E-state index is 4.49. The number of aryl methyl sites for hydroxylation is 2. The van der Waals surface area contributed by atoms with E-state index in [1.807, 2.05) is 30.1 Å². The molecular formula is C20H33IN6S. The smallest absolute Gasteiger partial charge is 0.191 e. The van der Waals surface area contributed by atoms with E-state index in [1.54, 1.807) is 0 Å². The Bertz CT molecular complexity index is 770. The zero-order valence-corrected chi connectivity index (χ0v) is 20.7. The van der Waals surface area contributed by atoms with Crippen LogP contribution in [-0.4, -0.2) is 47.8 Å². The van der Waals surface area contributed by atoms with Gasteiger partial charge in [-0.15, -0.1) is 35.3 Å². The van der Waals surface area contributed by atoms with Crippen molar-refractivity contribution >= 4 is 41.3 Å². The Balaban J connectivity index is 0.00000280. The van der Waals surface area contributed by atoms with Gasteiger partial charge in [-0.2, -0.15) is 5.10 Å². The van der Waals surface area contributed by atoms with E-state index in [-0.39, 0.29) is 24.0 Å². The van der Waals surface area contributed by atoms with Gasteiger partial charge in [-0.3, -0.25) is 14.6 Å². The lowest BCUT2D eigenvalue weighted by atomic mass is 9.88. The minimum absolute atomic E-state index is 0. The lowest BCUT2D eigenvalue weighted by molar-refractivity contribution is 0.125. The van der Waals surface area contributed by atoms with Gasteiger partial charge in [0.25, 0.3) is 0 Å². The number of aromatic nitrogens is 2. The van der Waals surface area contributed by atoms with Gasteiger partial charge in [0.1, 0.15) is 0 Å². The molecule has 2 aromatic heterocycles. The summed E-state index contributed by atoms with van der Waals surface area (Å²) in [5, 5.41) is 13.7. The molecule has 0 bridgehead atoms. The zero-order valence-electron chi connectivity index (χ0n) is 17.5. The minimum atomic E-state index is 0. The normalized spacial score (nSPS) is 20.7. The number of likely N-dealkylation sites (tertiary alicyclic amines) is 1. The van der Waals surface area contributed by atoms with Crippen LogP contribution in [0, 0.1) is 19.8 Å². The standard InChI is InChI=1S/C20H32N6S.HI/c1-14-17(15(2)26(5)24-14)13-23-20(21-3)22-12-16-8-6-10-25(4)19(16)18-9-7-11-27-18;/h7,9,11,16,19H,6,8,10,12-13H2,1-5H3,(H2,21,22,23);1H. The molecule has 1 aliphatic heterocycles. The van der Waals surface area contributed by atoms with Crippen LogP contribution in [0.15, 0.2) is 22.5 Å². The minimum Gasteiger partial charge on any atom is -0.356 e. The summed E-state index contributed by atoms with van der Waals surface area (Å²) in [6.45, 7) is 7.01. The predicted molar refractivity (Wildman–Crippen MR) is 129 cm³/mol. The van der Waals surface area contributed by atoms with E-state index in [0.717, 1.165) is 24.7 Å². The van der Waals surface area contributed by atoms with E-state index in [2.05, 4.69) is 64.0 Å². The van der Waals surface area contributed by atoms with Crippen LogP contribution in [0.3, 0.4) is 0 Å². The molecule has 0 aliphatic carbocycles. The molecule has 28 heavy (non-hydrogen) atoms. The number of hydrogen-bond donors (Lipinski definition) is 2. The number of rotatable bonds is 5. The van der Waals surface area contributed by atoms with Gasteiger partial charge in [-0.25, -0.2) is 0 Å². The third kappa shape index (κ3) is 5.27. The largest absolute Gasteiger partial charge is 0.356 e. The van der Waals surface area contributed by atoms with Crippen LogP contribution in [0.4, 0.5) is 0 Å². The van der Waals surface area contributed by atoms with E-state index < -0.39 is 0 Å². The molecule has 3 heterocycles. The fraction of sp³-hybridized carbons (Fsp3) is 0.600. The number of thiophene rings is 1. The Morgan fingerprint density at radius 3 is 2.71 bits per heavy atom. The van der Waals surface area contributed by atoms with E-state index >= 15 is 0 Å². The molecular weight excluding hydrogens is 483 g/mol. The van der Waals surface area contributed by atoms with Gasteiger partial charge in [0.15, 0.2) is 5.96 Å². The molecule has 1 aliphatic rings. The Morgan fingerprint density at radius 1 is 1.32 bits per heavy atom. The molecule has 6 nitrogen and oxygen atoms in total. The average molecular weight is 516 g/mol. The second-order valence-electron chi connectivity index (χ2n) is 7.42. The second kappa shape index (κ2) is 10.6. The molecule has 2 atom stereocenters. The molecule has 3 rings (SSSR count). The van der Waals surface area contributed by atoms with Gasteiger partial charge in [-0.05, 0) is 57.6 Å². The maximum Gasteiger partial charge on any atom is 0.191 e. The van der Waals surface area contributed by atoms with Crippen LogP contribution in [0.25, 0.3) is 0 Å². The summed E-state index contributed by atoms with van der Waals surface area (Å²) in [7, 11) is 6.07. The highest BCUT2D eigenvalue weighted by Gasteiger charge is 2.31. The highest BCUT2D eigenvalue weighted by molar-refractivity contribution is 14.0. The molecule has 0 spiro atoms. The van der Waals surface area contributed by atoms with Crippen molar-refractivity contribution in [3.63, 3.8) is 0 Å². The average Bonchev–Trinajstić information content (AvgIpc) is 3.25. The van der Waals surface area contributed by atoms with Crippen LogP contribution < -0.4 is 10.6 Å². The number of halogens is 1. The van der Waals surface area contributed by atoms with Gasteiger partial charge < -0.3 is 10.6 Å². The topological polar surface area (TPSA) is 57.5 Å². The van der Waals surface area contributed by atoms with Gasteiger partial charge >= 0.3 is 0 Å². The first kappa shape index (κ1) is 23.2. The van der Waals surface area contributed by atoms with Crippen molar-refractivity contribution in [3.8, 4) is 0 Å². The monoisotopic (exact) mass is 516 g/mol. The molecule has 2 aromatic rings. The molecule has 0 aromatic carbocycles. The van der Waals surface area contributed by atoms with Crippen molar-refractivity contribution in [2.45, 2.75) is 39.3 Å². The molecule has 0 saturated carbocycles. The Labute approximate surface area is 189 Å². The first-order chi connectivity index (χ1) is 13.0. The highest BCUT2D eigenvalue weighted by Crippen LogP contribution is 2.36. The van der Waals surface area contributed by atoms with E-state index in [4.69, 9.17) is 0 Å². The number of aliphatic imine (C=N–C) groups is 1. The van der Waals surface area contributed by atoms with Crippen LogP contribution in [0.2, 0.25) is 0 Å². The summed E-state index contributed by atoms with van der Waals surface area (Å²) < 4.78 is 1.94. The molecule has 1 saturated heterocycles. The number of piperidine rings is 1. The van der Waals surface area contributed by atoms with Crippen molar-refractivity contribution in [2.24, 2.45) is 18.0 Å². The third-order valence-corrected chi connectivity index (χ3v) is 6.63. The molecule has 8 heteroatoms. The van der Waals surface area contributed by atoms with Crippen LogP contribution >= 0.6 is 35.3 Å². The molecule has 1 fully saturated rings. The van der Waals surface area contributed by atoms with Gasteiger partial charge in [0.05, 0.1) is 5.69 Å². The Morgan fingerprint density at radius 2 is 2.11 bits per heavy atom. The SMILES string of the molecule is CN=C(NCc1c(C)nn(C)c1C)NCC1CCCN(C)C1c1cccs1.I. The predicted octanol–water partition coefficient (Wildman–Crippen LogP) is 3.46. The van der Waals surface area contributed by atoms with Crippen molar-refractivity contribution in [3.05, 3.63) is 39.3 Å². The number of hydrogen-bond acceptors (Lipinski definition) is 4. The lowest BCUT2D eigenvalue weighted by Crippen LogP contribution is -2.44. The lowest BCUT2D eigenvalue weighted by Gasteiger charge is -2.39. The van der Waals surface area contributed by atoms with E-state index in [0.29, 0.717) is 12.0 Å². The van der Waals surface area contributed by atoms with Crippen molar-refractivity contribution in [1.29, 1.82) is 0 Å². The zero-order chi connectivity index (χ0) is 19.4. The van der Waals surface area contributed by atoms with Crippen molar-refractivity contribution in [2.75, 3.05) is 27.2 Å². The molecule has 0 amide bonds. The quantitative estimate of drug-likeness (QED) is 0.363. The Hall–Kier alpha value is -1.13. The van der Waals surface area contributed by atoms with Crippen molar-refractivity contribution < 1.29 is 0 Å². The molecule has 2 unspecified atom stereocenters. The number of nitrogens with one attached hydrogen (secondary N) is 2. The second-order valence-corrected chi connectivity index (χ2v) is 8.40. The number of guanidine groups is 1. The fourth-order valence-electron chi connectivity index (χ4n) is 4.08. The van der Waals surface area contributed by atoms with Gasteiger partial charge in [-0.1, -0.05) is 6.07 Å². The van der Waals surface area contributed by atoms with Crippen LogP contribution in [-0.2, 0) is 13.6 Å². The first-order valence-corrected chi connectivity index (χ1v) is 10.6. The molecule has 0 radical (unpaired) electrons. The van der Waals surface area contributed by atoms with Crippen molar-refractivity contribution in [1.82, 2.24) is 25.3 Å². The summed E-state index contributed by atoms with van der Waals surface area (Å²) in [6.07, 6.45) is 2.50. The summed E-state index contributed by atoms with van der Waals surface area (Å²) in [6, 6.07) is 4.92. The molecule has 2 N–H and O–H groups in total. The van der Waals surface area contributed by atoms with Gasteiger partial charge in [0.2, 0.25) is 0 Å². The fourth-order valence-corrected chi connectivity index (χ4v) is 5.06. The van der Waals surface area contributed by atoms with Crippen LogP contribution in [0.5, 0.6) is 0 Å². The third-order valence-electron chi connectivity index (χ3n) is 5.69. The summed E-state index contributed by atoms with van der Waals surface area (Å²) in [5.74, 6) is 1.44. The summed E-state index contributed by atoms with van der Waals surface area (Å²) in [5.41, 5.74) is 3.51. The van der Waals surface area contributed by atoms with Gasteiger partial charge in [0, 0.05) is 49.4 Å². The maximum absolute atomic E-state index is 4.49. The highest BCUT2D eigenvalue weighted by atomic mass is 127. The molecule has 156 valence electrons. The number of nitrogens with zero attached hydrogens (tertiary/aromatic N) is 4. The summed E-state index contributed by atoms with van der Waals surface area (Å²) in [4.78, 5) is 8.38. The van der Waals surface area contributed by atoms with E-state index in [9.17, 15) is 0 Å². The first-order valence-electron chi connectivity index (χ1n) is 9.68. The summed E-state index contributed by atoms with van der Waals surface area (Å²) >= 11 is 1.87. The Kier molecular flexibility index (Phi) is 8.76. The van der Waals surface area contributed by atoms with E-state index in [1.165, 1.54) is 35.5 Å².